The Hall–Kier alpha value is -4.33. The highest BCUT2D eigenvalue weighted by Crippen LogP contribution is 2.52. The molecular weight excluding hydrogens is 452 g/mol. The number of hydrogen-bond donors (Lipinski definition) is 0. The molecule has 1 aliphatic heterocycles. The highest BCUT2D eigenvalue weighted by atomic mass is 16.7. The minimum atomic E-state index is -0.270. The van der Waals surface area contributed by atoms with Gasteiger partial charge in [-0.15, -0.1) is 0 Å². The predicted molar refractivity (Wildman–Crippen MR) is 129 cm³/mol. The molecule has 5 rings (SSSR count). The zero-order valence-corrected chi connectivity index (χ0v) is 19.8. The van der Waals surface area contributed by atoms with Gasteiger partial charge in [0.2, 0.25) is 23.7 Å². The van der Waals surface area contributed by atoms with Crippen LogP contribution in [-0.4, -0.2) is 28.1 Å². The molecule has 0 saturated heterocycles. The van der Waals surface area contributed by atoms with Gasteiger partial charge in [0.05, 0.1) is 32.3 Å². The standard InChI is InChI=1S/C27H24O8/c1-15-5-7-16(8-6-15)12-32-22-11-20-18(10-21(22)29-2)24(28)19(13-33-20)17-9-23(30-3)26-27(25(17)31-4)35-14-34-26/h5-11,13H,12,14H2,1-4H3. The van der Waals surface area contributed by atoms with E-state index in [9.17, 15) is 4.79 Å². The SMILES string of the molecule is COc1cc2c(=O)c(-c3cc(OC)c4c(c3OC)OCO4)coc2cc1OCc1ccc(C)cc1. The van der Waals surface area contributed by atoms with E-state index >= 15 is 0 Å². The number of methoxy groups -OCH3 is 3. The van der Waals surface area contributed by atoms with Crippen LogP contribution in [0.4, 0.5) is 0 Å². The lowest BCUT2D eigenvalue weighted by Gasteiger charge is -2.15. The highest BCUT2D eigenvalue weighted by Gasteiger charge is 2.29. The summed E-state index contributed by atoms with van der Waals surface area (Å²) in [7, 11) is 4.53. The van der Waals surface area contributed by atoms with Crippen molar-refractivity contribution in [2.75, 3.05) is 28.1 Å². The summed E-state index contributed by atoms with van der Waals surface area (Å²) in [5, 5.41) is 0.334. The third-order valence-electron chi connectivity index (χ3n) is 5.85. The summed E-state index contributed by atoms with van der Waals surface area (Å²) < 4.78 is 39.5. The van der Waals surface area contributed by atoms with E-state index in [-0.39, 0.29) is 17.8 Å². The topological polar surface area (TPSA) is 85.6 Å². The molecule has 0 radical (unpaired) electrons. The molecule has 8 heteroatoms. The average Bonchev–Trinajstić information content (AvgIpc) is 3.37. The summed E-state index contributed by atoms with van der Waals surface area (Å²) >= 11 is 0. The Bertz CT molecular complexity index is 1450. The van der Waals surface area contributed by atoms with Crippen LogP contribution in [0, 0.1) is 6.92 Å². The molecule has 0 saturated carbocycles. The maximum atomic E-state index is 13.6. The molecule has 0 bridgehead atoms. The average molecular weight is 476 g/mol. The molecule has 0 atom stereocenters. The molecule has 1 aromatic heterocycles. The van der Waals surface area contributed by atoms with E-state index in [1.807, 2.05) is 31.2 Å². The van der Waals surface area contributed by atoms with Crippen LogP contribution in [0.3, 0.4) is 0 Å². The van der Waals surface area contributed by atoms with Crippen LogP contribution in [0.15, 0.2) is 57.9 Å². The van der Waals surface area contributed by atoms with Crippen molar-refractivity contribution in [2.45, 2.75) is 13.5 Å². The van der Waals surface area contributed by atoms with Crippen LogP contribution in [-0.2, 0) is 6.61 Å². The fourth-order valence-electron chi connectivity index (χ4n) is 4.01. The van der Waals surface area contributed by atoms with E-state index in [1.165, 1.54) is 33.2 Å². The second-order valence-corrected chi connectivity index (χ2v) is 7.98. The van der Waals surface area contributed by atoms with E-state index in [4.69, 9.17) is 32.8 Å². The van der Waals surface area contributed by atoms with Gasteiger partial charge in [-0.25, -0.2) is 0 Å². The largest absolute Gasteiger partial charge is 0.493 e. The number of ether oxygens (including phenoxy) is 6. The fourth-order valence-corrected chi connectivity index (χ4v) is 4.01. The number of benzene rings is 3. The lowest BCUT2D eigenvalue weighted by Crippen LogP contribution is -2.07. The van der Waals surface area contributed by atoms with Crippen LogP contribution in [0.2, 0.25) is 0 Å². The summed E-state index contributed by atoms with van der Waals surface area (Å²) in [6.45, 7) is 2.40. The molecule has 4 aromatic rings. The van der Waals surface area contributed by atoms with Crippen molar-refractivity contribution in [1.82, 2.24) is 0 Å². The van der Waals surface area contributed by atoms with Gasteiger partial charge >= 0.3 is 0 Å². The lowest BCUT2D eigenvalue weighted by atomic mass is 10.0. The minimum Gasteiger partial charge on any atom is -0.493 e. The maximum Gasteiger partial charge on any atom is 0.231 e. The van der Waals surface area contributed by atoms with Crippen LogP contribution >= 0.6 is 0 Å². The smallest absolute Gasteiger partial charge is 0.231 e. The van der Waals surface area contributed by atoms with Crippen LogP contribution in [0.5, 0.6) is 34.5 Å². The van der Waals surface area contributed by atoms with Gasteiger partial charge in [-0.05, 0) is 24.6 Å². The quantitative estimate of drug-likeness (QED) is 0.364. The fraction of sp³-hybridized carbons (Fsp3) is 0.222. The Balaban J connectivity index is 1.58. The molecule has 0 aliphatic carbocycles. The normalized spacial score (nSPS) is 12.0. The molecule has 35 heavy (non-hydrogen) atoms. The van der Waals surface area contributed by atoms with Gasteiger partial charge < -0.3 is 32.8 Å². The van der Waals surface area contributed by atoms with Crippen molar-refractivity contribution < 1.29 is 32.8 Å². The number of hydrogen-bond acceptors (Lipinski definition) is 8. The summed E-state index contributed by atoms with van der Waals surface area (Å²) in [6, 6.07) is 13.0. The molecule has 0 unspecified atom stereocenters. The van der Waals surface area contributed by atoms with Gasteiger partial charge in [0.1, 0.15) is 18.5 Å². The van der Waals surface area contributed by atoms with E-state index in [0.717, 1.165) is 5.56 Å². The Kier molecular flexibility index (Phi) is 5.86. The first-order valence-electron chi connectivity index (χ1n) is 10.9. The third kappa shape index (κ3) is 3.97. The number of rotatable bonds is 7. The molecule has 0 fully saturated rings. The summed E-state index contributed by atoms with van der Waals surface area (Å²) in [6.07, 6.45) is 1.39. The van der Waals surface area contributed by atoms with Crippen LogP contribution in [0.25, 0.3) is 22.1 Å². The summed E-state index contributed by atoms with van der Waals surface area (Å²) in [5.74, 6) is 2.47. The molecule has 2 heterocycles. The lowest BCUT2D eigenvalue weighted by molar-refractivity contribution is 0.168. The molecule has 180 valence electrons. The molecule has 0 amide bonds. The van der Waals surface area contributed by atoms with Crippen molar-refractivity contribution in [3.05, 3.63) is 70.1 Å². The first-order chi connectivity index (χ1) is 17.0. The van der Waals surface area contributed by atoms with Gasteiger partial charge in [0.25, 0.3) is 0 Å². The van der Waals surface area contributed by atoms with Crippen molar-refractivity contribution >= 4 is 11.0 Å². The Morgan fingerprint density at radius 1 is 0.829 bits per heavy atom. The Morgan fingerprint density at radius 2 is 1.57 bits per heavy atom. The zero-order valence-electron chi connectivity index (χ0n) is 19.8. The van der Waals surface area contributed by atoms with Crippen LogP contribution < -0.4 is 33.8 Å². The van der Waals surface area contributed by atoms with Gasteiger partial charge in [-0.1, -0.05) is 29.8 Å². The first-order valence-corrected chi connectivity index (χ1v) is 10.9. The van der Waals surface area contributed by atoms with Crippen molar-refractivity contribution in [2.24, 2.45) is 0 Å². The number of fused-ring (bicyclic) bond motifs is 2. The van der Waals surface area contributed by atoms with Gasteiger partial charge in [-0.2, -0.15) is 0 Å². The monoisotopic (exact) mass is 476 g/mol. The van der Waals surface area contributed by atoms with E-state index in [2.05, 4.69) is 0 Å². The van der Waals surface area contributed by atoms with E-state index in [1.54, 1.807) is 18.2 Å². The number of aryl methyl sites for hydroxylation is 1. The molecule has 0 N–H and O–H groups in total. The van der Waals surface area contributed by atoms with Crippen molar-refractivity contribution in [3.8, 4) is 45.6 Å². The molecule has 0 spiro atoms. The Labute approximate surface area is 201 Å². The van der Waals surface area contributed by atoms with E-state index < -0.39 is 0 Å². The van der Waals surface area contributed by atoms with E-state index in [0.29, 0.717) is 57.6 Å². The molecular formula is C27H24O8. The second-order valence-electron chi connectivity index (χ2n) is 7.98. The van der Waals surface area contributed by atoms with Crippen molar-refractivity contribution in [3.63, 3.8) is 0 Å². The van der Waals surface area contributed by atoms with Gasteiger partial charge in [0, 0.05) is 11.6 Å². The maximum absolute atomic E-state index is 13.6. The summed E-state index contributed by atoms with van der Waals surface area (Å²) in [4.78, 5) is 13.6. The zero-order chi connectivity index (χ0) is 24.5. The first kappa shape index (κ1) is 22.5. The summed E-state index contributed by atoms with van der Waals surface area (Å²) in [5.41, 5.74) is 3.02. The predicted octanol–water partition coefficient (Wildman–Crippen LogP) is 5.10. The highest BCUT2D eigenvalue weighted by molar-refractivity contribution is 5.87. The minimum absolute atomic E-state index is 0.0282. The second kappa shape index (κ2) is 9.13. The third-order valence-corrected chi connectivity index (χ3v) is 5.85. The van der Waals surface area contributed by atoms with Crippen molar-refractivity contribution in [1.29, 1.82) is 0 Å². The van der Waals surface area contributed by atoms with Gasteiger partial charge in [-0.3, -0.25) is 4.79 Å². The Morgan fingerprint density at radius 3 is 2.29 bits per heavy atom. The van der Waals surface area contributed by atoms with Crippen LogP contribution in [0.1, 0.15) is 11.1 Å². The molecule has 8 nitrogen and oxygen atoms in total. The molecule has 3 aromatic carbocycles. The molecule has 1 aliphatic rings. The van der Waals surface area contributed by atoms with Gasteiger partial charge in [0.15, 0.2) is 23.0 Å².